The van der Waals surface area contributed by atoms with Crippen molar-refractivity contribution in [3.05, 3.63) is 35.4 Å². The highest BCUT2D eigenvalue weighted by molar-refractivity contribution is 5.92. The van der Waals surface area contributed by atoms with E-state index in [0.29, 0.717) is 24.1 Å². The molecule has 8 nitrogen and oxygen atoms in total. The van der Waals surface area contributed by atoms with E-state index in [0.717, 1.165) is 38.5 Å². The van der Waals surface area contributed by atoms with Crippen LogP contribution in [-0.4, -0.2) is 59.3 Å². The average molecular weight is 516 g/mol. The first-order chi connectivity index (χ1) is 17.6. The third-order valence-electron chi connectivity index (χ3n) is 5.76. The van der Waals surface area contributed by atoms with Crippen LogP contribution in [0.3, 0.4) is 0 Å². The molecule has 1 rings (SSSR count). The van der Waals surface area contributed by atoms with Crippen LogP contribution in [0.15, 0.2) is 24.3 Å². The zero-order chi connectivity index (χ0) is 27.8. The molecule has 0 heterocycles. The Bertz CT molecular complexity index is 904. The molecular weight excluding hydrogens is 470 g/mol. The second-order valence-corrected chi connectivity index (χ2v) is 10.1. The third kappa shape index (κ3) is 11.3. The molecule has 0 saturated heterocycles. The van der Waals surface area contributed by atoms with Gasteiger partial charge in [-0.05, 0) is 45.2 Å². The largest absolute Gasteiger partial charge is 0.444 e. The molecule has 0 fully saturated rings. The van der Waals surface area contributed by atoms with Crippen molar-refractivity contribution in [1.29, 1.82) is 0 Å². The summed E-state index contributed by atoms with van der Waals surface area (Å²) in [6.07, 6.45) is 11.3. The van der Waals surface area contributed by atoms with Crippen LogP contribution in [0.1, 0.15) is 96.7 Å². The van der Waals surface area contributed by atoms with Gasteiger partial charge in [-0.25, -0.2) is 4.79 Å². The zero-order valence-corrected chi connectivity index (χ0v) is 23.1. The van der Waals surface area contributed by atoms with Gasteiger partial charge in [0.2, 0.25) is 11.8 Å². The molecule has 1 aromatic carbocycles. The number of carbonyl (C=O) groups is 3. The second kappa shape index (κ2) is 16.6. The molecule has 0 aromatic heterocycles. The summed E-state index contributed by atoms with van der Waals surface area (Å²) in [4.78, 5) is 41.2. The summed E-state index contributed by atoms with van der Waals surface area (Å²) in [5.41, 5.74) is 0.247. The lowest BCUT2D eigenvalue weighted by Gasteiger charge is -2.34. The van der Waals surface area contributed by atoms with Crippen molar-refractivity contribution >= 4 is 17.9 Å². The molecule has 2 atom stereocenters. The molecule has 2 unspecified atom stereocenters. The van der Waals surface area contributed by atoms with Gasteiger partial charge in [-0.1, -0.05) is 70.1 Å². The molecule has 0 bridgehead atoms. The van der Waals surface area contributed by atoms with E-state index in [4.69, 9.17) is 11.2 Å². The molecule has 1 aromatic rings. The number of aliphatic hydroxyl groups is 1. The highest BCUT2D eigenvalue weighted by Gasteiger charge is 2.36. The maximum Gasteiger partial charge on any atom is 0.408 e. The summed E-state index contributed by atoms with van der Waals surface area (Å²) in [6.45, 7) is 9.34. The number of nitrogens with zero attached hydrogens (tertiary/aromatic N) is 1. The van der Waals surface area contributed by atoms with E-state index in [-0.39, 0.29) is 12.5 Å². The number of carbonyl (C=O) groups excluding carboxylic acids is 3. The molecule has 206 valence electrons. The van der Waals surface area contributed by atoms with Crippen LogP contribution in [0, 0.1) is 12.3 Å². The summed E-state index contributed by atoms with van der Waals surface area (Å²) >= 11 is 0. The Morgan fingerprint density at radius 1 is 1.05 bits per heavy atom. The molecule has 8 heteroatoms. The zero-order valence-electron chi connectivity index (χ0n) is 23.1. The van der Waals surface area contributed by atoms with Crippen LogP contribution in [0.4, 0.5) is 4.79 Å². The first-order valence-electron chi connectivity index (χ1n) is 13.3. The van der Waals surface area contributed by atoms with Gasteiger partial charge >= 0.3 is 6.09 Å². The van der Waals surface area contributed by atoms with Gasteiger partial charge in [0, 0.05) is 18.7 Å². The number of nitrogens with one attached hydrogen (secondary N) is 2. The van der Waals surface area contributed by atoms with E-state index in [9.17, 15) is 19.5 Å². The fourth-order valence-corrected chi connectivity index (χ4v) is 3.89. The van der Waals surface area contributed by atoms with E-state index in [1.807, 2.05) is 6.92 Å². The Morgan fingerprint density at radius 2 is 1.70 bits per heavy atom. The number of hydrogen-bond donors (Lipinski definition) is 3. The van der Waals surface area contributed by atoms with Gasteiger partial charge in [-0.3, -0.25) is 9.59 Å². The lowest BCUT2D eigenvalue weighted by molar-refractivity contribution is -0.143. The molecule has 3 amide bonds. The first-order valence-corrected chi connectivity index (χ1v) is 13.3. The lowest BCUT2D eigenvalue weighted by atomic mass is 9.97. The van der Waals surface area contributed by atoms with Crippen molar-refractivity contribution in [2.24, 2.45) is 0 Å². The van der Waals surface area contributed by atoms with Gasteiger partial charge < -0.3 is 25.4 Å². The number of terminal acetylenes is 1. The molecule has 37 heavy (non-hydrogen) atoms. The van der Waals surface area contributed by atoms with Crippen molar-refractivity contribution in [1.82, 2.24) is 15.5 Å². The molecule has 0 radical (unpaired) electrons. The van der Waals surface area contributed by atoms with Crippen LogP contribution in [0.25, 0.3) is 0 Å². The quantitative estimate of drug-likeness (QED) is 0.238. The van der Waals surface area contributed by atoms with Crippen LogP contribution >= 0.6 is 0 Å². The molecule has 0 aliphatic carbocycles. The fraction of sp³-hybridized carbons (Fsp3) is 0.621. The predicted molar refractivity (Wildman–Crippen MR) is 146 cm³/mol. The van der Waals surface area contributed by atoms with Crippen molar-refractivity contribution in [2.45, 2.75) is 97.2 Å². The van der Waals surface area contributed by atoms with Crippen molar-refractivity contribution in [3.8, 4) is 12.3 Å². The number of rotatable bonds is 15. The summed E-state index contributed by atoms with van der Waals surface area (Å²) < 4.78 is 5.28. The SMILES string of the molecule is C#Cc1ccccc1C(C(=O)NCCCC)N(CCCCCCC)C(=O)C(CO)NC(=O)OC(C)(C)C. The Balaban J connectivity index is 3.41. The van der Waals surface area contributed by atoms with E-state index in [1.165, 1.54) is 4.90 Å². The number of unbranched alkanes of at least 4 members (excludes halogenated alkanes) is 5. The Morgan fingerprint density at radius 3 is 2.30 bits per heavy atom. The summed E-state index contributed by atoms with van der Waals surface area (Å²) in [5, 5.41) is 15.4. The first kappa shape index (κ1) is 32.0. The van der Waals surface area contributed by atoms with Gasteiger partial charge in [0.15, 0.2) is 0 Å². The number of benzene rings is 1. The number of ether oxygens (including phenoxy) is 1. The topological polar surface area (TPSA) is 108 Å². The monoisotopic (exact) mass is 515 g/mol. The molecule has 0 aliphatic rings. The lowest BCUT2D eigenvalue weighted by Crippen LogP contribution is -2.54. The summed E-state index contributed by atoms with van der Waals surface area (Å²) in [5.74, 6) is 1.69. The van der Waals surface area contributed by atoms with Crippen LogP contribution in [-0.2, 0) is 14.3 Å². The molecule has 3 N–H and O–H groups in total. The van der Waals surface area contributed by atoms with E-state index < -0.39 is 36.3 Å². The number of alkyl carbamates (subject to hydrolysis) is 1. The highest BCUT2D eigenvalue weighted by Crippen LogP contribution is 2.26. The Kier molecular flexibility index (Phi) is 14.4. The second-order valence-electron chi connectivity index (χ2n) is 10.1. The maximum atomic E-state index is 13.8. The molecule has 0 saturated carbocycles. The Hall–Kier alpha value is -3.05. The van der Waals surface area contributed by atoms with Gasteiger partial charge in [0.1, 0.15) is 17.7 Å². The van der Waals surface area contributed by atoms with Gasteiger partial charge in [-0.15, -0.1) is 6.42 Å². The van der Waals surface area contributed by atoms with Crippen molar-refractivity contribution in [3.63, 3.8) is 0 Å². The van der Waals surface area contributed by atoms with Gasteiger partial charge in [-0.2, -0.15) is 0 Å². The Labute approximate surface area is 222 Å². The van der Waals surface area contributed by atoms with Crippen LogP contribution in [0.2, 0.25) is 0 Å². The number of amides is 3. The van der Waals surface area contributed by atoms with Gasteiger partial charge in [0.25, 0.3) is 0 Å². The minimum atomic E-state index is -1.28. The fourth-order valence-electron chi connectivity index (χ4n) is 3.89. The van der Waals surface area contributed by atoms with E-state index in [2.05, 4.69) is 23.5 Å². The highest BCUT2D eigenvalue weighted by atomic mass is 16.6. The summed E-state index contributed by atoms with van der Waals surface area (Å²) in [6, 6.07) is 4.73. The average Bonchev–Trinajstić information content (AvgIpc) is 2.85. The minimum Gasteiger partial charge on any atom is -0.444 e. The predicted octanol–water partition coefficient (Wildman–Crippen LogP) is 4.31. The van der Waals surface area contributed by atoms with Crippen molar-refractivity contribution in [2.75, 3.05) is 19.7 Å². The van der Waals surface area contributed by atoms with E-state index >= 15 is 0 Å². The molecule has 0 spiro atoms. The minimum absolute atomic E-state index is 0.264. The number of aliphatic hydroxyl groups excluding tert-OH is 1. The summed E-state index contributed by atoms with van der Waals surface area (Å²) in [7, 11) is 0. The standard InChI is InChI=1S/C29H45N3O5/c1-7-10-12-13-16-20-32(27(35)24(21-33)31-28(36)37-29(4,5)6)25(26(34)30-19-11-8-2)23-18-15-14-17-22(23)9-3/h3,14-15,17-18,24-25,33H,7-8,10-13,16,19-21H2,1-2,4-6H3,(H,30,34)(H,31,36). The smallest absolute Gasteiger partial charge is 0.408 e. The molecular formula is C29H45N3O5. The normalized spacial score (nSPS) is 12.7. The van der Waals surface area contributed by atoms with Gasteiger partial charge in [0.05, 0.1) is 6.61 Å². The maximum absolute atomic E-state index is 13.8. The van der Waals surface area contributed by atoms with Crippen molar-refractivity contribution < 1.29 is 24.2 Å². The van der Waals surface area contributed by atoms with E-state index in [1.54, 1.807) is 45.0 Å². The third-order valence-corrected chi connectivity index (χ3v) is 5.76. The molecule has 0 aliphatic heterocycles. The van der Waals surface area contributed by atoms with Crippen LogP contribution < -0.4 is 10.6 Å². The number of hydrogen-bond acceptors (Lipinski definition) is 5. The van der Waals surface area contributed by atoms with Crippen LogP contribution in [0.5, 0.6) is 0 Å².